The quantitative estimate of drug-likeness (QED) is 0.376. The summed E-state index contributed by atoms with van der Waals surface area (Å²) < 4.78 is 9.21. The predicted octanol–water partition coefficient (Wildman–Crippen LogP) is 1.82. The molecule has 0 bridgehead atoms. The highest BCUT2D eigenvalue weighted by Crippen LogP contribution is 2.40. The molecule has 1 aromatic carbocycles. The number of oxime groups is 1. The molecule has 90 valence electrons. The van der Waals surface area contributed by atoms with Crippen molar-refractivity contribution in [3.8, 4) is 11.5 Å². The number of hydrogen-bond acceptors (Lipinski definition) is 5. The summed E-state index contributed by atoms with van der Waals surface area (Å²) in [5.41, 5.74) is 0.308. The van der Waals surface area contributed by atoms with Gasteiger partial charge >= 0.3 is 0 Å². The van der Waals surface area contributed by atoms with Gasteiger partial charge in [-0.1, -0.05) is 0 Å². The molecule has 0 saturated heterocycles. The SMILES string of the molecule is COc1ccc(OC)c([N+]2([O-])C=CC2=NO)c1. The van der Waals surface area contributed by atoms with E-state index in [0.717, 1.165) is 0 Å². The molecule has 1 N–H and O–H groups in total. The zero-order chi connectivity index (χ0) is 12.5. The Labute approximate surface area is 98.1 Å². The van der Waals surface area contributed by atoms with E-state index in [1.807, 2.05) is 0 Å². The summed E-state index contributed by atoms with van der Waals surface area (Å²) in [4.78, 5) is 0. The molecule has 1 aliphatic heterocycles. The summed E-state index contributed by atoms with van der Waals surface area (Å²) in [6.45, 7) is 0. The summed E-state index contributed by atoms with van der Waals surface area (Å²) in [6.07, 6.45) is 2.79. The van der Waals surface area contributed by atoms with Crippen molar-refractivity contribution in [1.29, 1.82) is 0 Å². The summed E-state index contributed by atoms with van der Waals surface area (Å²) in [5, 5.41) is 24.1. The Morgan fingerprint density at radius 1 is 1.29 bits per heavy atom. The largest absolute Gasteiger partial charge is 0.615 e. The number of quaternary nitrogens is 1. The van der Waals surface area contributed by atoms with Gasteiger partial charge in [0, 0.05) is 6.07 Å². The summed E-state index contributed by atoms with van der Waals surface area (Å²) in [6, 6.07) is 4.88. The molecule has 1 heterocycles. The Bertz CT molecular complexity index is 498. The molecule has 2 rings (SSSR count). The minimum atomic E-state index is -0.961. The maximum Gasteiger partial charge on any atom is 0.277 e. The van der Waals surface area contributed by atoms with E-state index >= 15 is 0 Å². The highest BCUT2D eigenvalue weighted by Gasteiger charge is 2.36. The third kappa shape index (κ3) is 1.63. The normalized spacial score (nSPS) is 24.5. The molecule has 0 radical (unpaired) electrons. The van der Waals surface area contributed by atoms with Gasteiger partial charge in [0.2, 0.25) is 0 Å². The second-order valence-corrected chi connectivity index (χ2v) is 3.47. The average Bonchev–Trinajstić information content (AvgIpc) is 2.36. The van der Waals surface area contributed by atoms with Gasteiger partial charge < -0.3 is 19.9 Å². The number of nitrogens with zero attached hydrogens (tertiary/aromatic N) is 2. The number of benzene rings is 1. The first-order chi connectivity index (χ1) is 8.15. The molecule has 0 spiro atoms. The topological polar surface area (TPSA) is 74.1 Å². The number of amidine groups is 1. The number of hydrogen-bond donors (Lipinski definition) is 1. The smallest absolute Gasteiger partial charge is 0.277 e. The number of rotatable bonds is 3. The molecule has 1 aliphatic rings. The molecule has 1 unspecified atom stereocenters. The number of hydroxylamine groups is 2. The summed E-state index contributed by atoms with van der Waals surface area (Å²) in [7, 11) is 2.98. The van der Waals surface area contributed by atoms with Crippen LogP contribution in [0, 0.1) is 5.21 Å². The van der Waals surface area contributed by atoms with Crippen LogP contribution in [0.5, 0.6) is 11.5 Å². The second-order valence-electron chi connectivity index (χ2n) is 3.47. The fraction of sp³-hybridized carbons (Fsp3) is 0.182. The van der Waals surface area contributed by atoms with E-state index in [1.165, 1.54) is 26.5 Å². The molecule has 17 heavy (non-hydrogen) atoms. The molecule has 1 atom stereocenters. The van der Waals surface area contributed by atoms with Gasteiger partial charge in [-0.25, -0.2) is 4.65 Å². The Morgan fingerprint density at radius 2 is 2.06 bits per heavy atom. The van der Waals surface area contributed by atoms with Crippen molar-refractivity contribution in [2.24, 2.45) is 5.16 Å². The Morgan fingerprint density at radius 3 is 2.53 bits per heavy atom. The minimum Gasteiger partial charge on any atom is -0.615 e. The van der Waals surface area contributed by atoms with Gasteiger partial charge in [-0.15, -0.1) is 0 Å². The van der Waals surface area contributed by atoms with Gasteiger partial charge in [-0.05, 0) is 17.3 Å². The third-order valence-corrected chi connectivity index (χ3v) is 2.62. The van der Waals surface area contributed by atoms with E-state index in [9.17, 15) is 5.21 Å². The van der Waals surface area contributed by atoms with Crippen LogP contribution in [0.1, 0.15) is 0 Å². The maximum absolute atomic E-state index is 12.4. The Kier molecular flexibility index (Phi) is 2.74. The lowest BCUT2D eigenvalue weighted by molar-refractivity contribution is 0.311. The first-order valence-corrected chi connectivity index (χ1v) is 4.90. The molecule has 6 heteroatoms. The maximum atomic E-state index is 12.4. The van der Waals surface area contributed by atoms with Gasteiger partial charge in [-0.2, -0.15) is 0 Å². The van der Waals surface area contributed by atoms with Crippen LogP contribution in [0.3, 0.4) is 0 Å². The van der Waals surface area contributed by atoms with Crippen LogP contribution < -0.4 is 14.1 Å². The molecule has 1 aromatic rings. The van der Waals surface area contributed by atoms with Crippen LogP contribution in [-0.4, -0.2) is 25.3 Å². The van der Waals surface area contributed by atoms with Gasteiger partial charge in [0.25, 0.3) is 5.84 Å². The van der Waals surface area contributed by atoms with E-state index in [1.54, 1.807) is 18.2 Å². The highest BCUT2D eigenvalue weighted by molar-refractivity contribution is 6.09. The van der Waals surface area contributed by atoms with Crippen molar-refractivity contribution in [1.82, 2.24) is 4.65 Å². The summed E-state index contributed by atoms with van der Waals surface area (Å²) in [5.74, 6) is 0.939. The first-order valence-electron chi connectivity index (χ1n) is 4.90. The van der Waals surface area contributed by atoms with Gasteiger partial charge in [0.05, 0.1) is 20.3 Å². The monoisotopic (exact) mass is 236 g/mol. The van der Waals surface area contributed by atoms with Crippen LogP contribution in [0.2, 0.25) is 0 Å². The van der Waals surface area contributed by atoms with E-state index < -0.39 is 4.65 Å². The molecule has 0 saturated carbocycles. The predicted molar refractivity (Wildman–Crippen MR) is 63.1 cm³/mol. The molecule has 6 nitrogen and oxygen atoms in total. The van der Waals surface area contributed by atoms with Crippen LogP contribution in [0.4, 0.5) is 5.69 Å². The summed E-state index contributed by atoms with van der Waals surface area (Å²) >= 11 is 0. The molecule has 0 aliphatic carbocycles. The van der Waals surface area contributed by atoms with E-state index in [2.05, 4.69) is 5.16 Å². The number of methoxy groups -OCH3 is 2. The Balaban J connectivity index is 2.54. The highest BCUT2D eigenvalue weighted by atomic mass is 16.6. The van der Waals surface area contributed by atoms with Crippen molar-refractivity contribution < 1.29 is 14.7 Å². The first kappa shape index (κ1) is 11.4. The van der Waals surface area contributed by atoms with Crippen LogP contribution in [0.25, 0.3) is 0 Å². The van der Waals surface area contributed by atoms with Crippen molar-refractivity contribution in [3.63, 3.8) is 0 Å². The molecule has 0 amide bonds. The third-order valence-electron chi connectivity index (χ3n) is 2.62. The van der Waals surface area contributed by atoms with E-state index in [0.29, 0.717) is 17.2 Å². The fourth-order valence-corrected chi connectivity index (χ4v) is 1.64. The van der Waals surface area contributed by atoms with Gasteiger partial charge in [0.15, 0.2) is 11.4 Å². The van der Waals surface area contributed by atoms with Gasteiger partial charge in [-0.3, -0.25) is 0 Å². The fourth-order valence-electron chi connectivity index (χ4n) is 1.64. The van der Waals surface area contributed by atoms with Gasteiger partial charge in [0.1, 0.15) is 11.9 Å². The van der Waals surface area contributed by atoms with Crippen molar-refractivity contribution in [2.45, 2.75) is 0 Å². The standard InChI is InChI=1S/C11H12N2O4/c1-16-8-3-4-10(17-2)9(7-8)13(15)6-5-11(13)12-14/h3-7,14H,1-2H3. The van der Waals surface area contributed by atoms with Crippen LogP contribution >= 0.6 is 0 Å². The lowest BCUT2D eigenvalue weighted by Gasteiger charge is -2.41. The second kappa shape index (κ2) is 4.08. The van der Waals surface area contributed by atoms with E-state index in [4.69, 9.17) is 14.7 Å². The van der Waals surface area contributed by atoms with Crippen molar-refractivity contribution in [3.05, 3.63) is 35.7 Å². The Hall–Kier alpha value is -2.05. The molecular formula is C11H12N2O4. The zero-order valence-corrected chi connectivity index (χ0v) is 9.45. The van der Waals surface area contributed by atoms with Crippen LogP contribution in [-0.2, 0) is 0 Å². The van der Waals surface area contributed by atoms with Crippen molar-refractivity contribution in [2.75, 3.05) is 14.2 Å². The van der Waals surface area contributed by atoms with Crippen LogP contribution in [0.15, 0.2) is 35.6 Å². The molecule has 0 aromatic heterocycles. The van der Waals surface area contributed by atoms with Crippen molar-refractivity contribution >= 4 is 11.5 Å². The lowest BCUT2D eigenvalue weighted by Crippen LogP contribution is -2.49. The molecule has 0 fully saturated rings. The number of ether oxygens (including phenoxy) is 2. The zero-order valence-electron chi connectivity index (χ0n) is 9.45. The lowest BCUT2D eigenvalue weighted by atomic mass is 10.2. The average molecular weight is 236 g/mol. The molecular weight excluding hydrogens is 224 g/mol. The van der Waals surface area contributed by atoms with E-state index in [-0.39, 0.29) is 5.84 Å². The minimum absolute atomic E-state index is 0.00319.